The van der Waals surface area contributed by atoms with E-state index in [0.717, 1.165) is 36.1 Å². The molecule has 0 saturated carbocycles. The monoisotopic (exact) mass is 862 g/mol. The lowest BCUT2D eigenvalue weighted by Crippen LogP contribution is -2.17. The molecule has 0 aromatic heterocycles. The summed E-state index contributed by atoms with van der Waals surface area (Å²) in [5.74, 6) is 2.43. The molecular formula is C57H99NO4. The van der Waals surface area contributed by atoms with Gasteiger partial charge in [-0.3, -0.25) is 4.99 Å². The SMILES string of the molecule is CCCCCCCCCCCCOc1cc(N=Cc2cc(C(C)(C)C)cc(C(C)(C)C)c2O)cc(OCCCCCCCCCCCC)c1OCCCCCCCCCCCC. The van der Waals surface area contributed by atoms with Gasteiger partial charge < -0.3 is 19.3 Å². The number of unbranched alkanes of at least 4 members (excludes halogenated alkanes) is 27. The number of hydrogen-bond donors (Lipinski definition) is 1. The van der Waals surface area contributed by atoms with E-state index in [2.05, 4.69) is 74.4 Å². The highest BCUT2D eigenvalue weighted by Crippen LogP contribution is 2.43. The number of ether oxygens (including phenoxy) is 3. The third-order valence-corrected chi connectivity index (χ3v) is 12.4. The Morgan fingerprint density at radius 3 is 1.11 bits per heavy atom. The normalized spacial score (nSPS) is 12.1. The molecule has 0 spiro atoms. The van der Waals surface area contributed by atoms with Crippen LogP contribution in [0.5, 0.6) is 23.0 Å². The Hall–Kier alpha value is -2.69. The minimum absolute atomic E-state index is 0.0746. The van der Waals surface area contributed by atoms with Gasteiger partial charge in [-0.15, -0.1) is 0 Å². The molecule has 0 aliphatic heterocycles. The zero-order valence-electron chi connectivity index (χ0n) is 42.3. The van der Waals surface area contributed by atoms with Crippen LogP contribution in [-0.4, -0.2) is 31.1 Å². The maximum atomic E-state index is 11.6. The van der Waals surface area contributed by atoms with Crippen molar-refractivity contribution in [3.63, 3.8) is 0 Å². The van der Waals surface area contributed by atoms with Gasteiger partial charge in [0.1, 0.15) is 5.75 Å². The summed E-state index contributed by atoms with van der Waals surface area (Å²) in [5, 5.41) is 11.6. The molecule has 62 heavy (non-hydrogen) atoms. The standard InChI is InChI=1S/C57H99NO4/c1-10-13-16-19-22-25-28-31-34-37-40-60-52-45-50(58-47-48-43-49(56(4,5)6)44-51(54(48)59)57(7,8)9)46-53(61-41-38-35-32-29-26-23-20-17-14-11-2)55(52)62-42-39-36-33-30-27-24-21-18-15-12-3/h43-47,59H,10-42H2,1-9H3. The Kier molecular flexibility index (Phi) is 30.2. The van der Waals surface area contributed by atoms with Gasteiger partial charge in [0, 0.05) is 29.5 Å². The van der Waals surface area contributed by atoms with Gasteiger partial charge in [0.2, 0.25) is 5.75 Å². The van der Waals surface area contributed by atoms with Crippen LogP contribution in [0.25, 0.3) is 0 Å². The fourth-order valence-corrected chi connectivity index (χ4v) is 8.21. The van der Waals surface area contributed by atoms with E-state index in [-0.39, 0.29) is 10.8 Å². The topological polar surface area (TPSA) is 60.3 Å². The van der Waals surface area contributed by atoms with Crippen LogP contribution in [-0.2, 0) is 10.8 Å². The minimum atomic E-state index is -0.216. The van der Waals surface area contributed by atoms with Crippen molar-refractivity contribution < 1.29 is 19.3 Å². The Balaban J connectivity index is 2.29. The number of hydrogen-bond acceptors (Lipinski definition) is 5. The predicted molar refractivity (Wildman–Crippen MR) is 271 cm³/mol. The second-order valence-corrected chi connectivity index (χ2v) is 20.6. The number of benzene rings is 2. The Morgan fingerprint density at radius 2 is 0.774 bits per heavy atom. The van der Waals surface area contributed by atoms with Crippen LogP contribution in [0.3, 0.4) is 0 Å². The maximum absolute atomic E-state index is 11.6. The molecule has 356 valence electrons. The Labute approximate surface area is 384 Å². The number of phenolic OH excluding ortho intramolecular Hbond substituents is 1. The molecule has 2 aromatic rings. The first-order valence-corrected chi connectivity index (χ1v) is 26.4. The molecule has 0 bridgehead atoms. The van der Waals surface area contributed by atoms with Crippen molar-refractivity contribution in [2.45, 2.75) is 266 Å². The van der Waals surface area contributed by atoms with Gasteiger partial charge in [0.15, 0.2) is 11.5 Å². The Bertz CT molecular complexity index is 1390. The van der Waals surface area contributed by atoms with Crippen molar-refractivity contribution >= 4 is 11.9 Å². The lowest BCUT2D eigenvalue weighted by Gasteiger charge is -2.27. The largest absolute Gasteiger partial charge is 0.507 e. The number of rotatable bonds is 38. The molecule has 0 aliphatic carbocycles. The van der Waals surface area contributed by atoms with Crippen molar-refractivity contribution in [2.75, 3.05) is 19.8 Å². The molecule has 0 amide bonds. The fourth-order valence-electron chi connectivity index (χ4n) is 8.21. The van der Waals surface area contributed by atoms with E-state index in [1.807, 2.05) is 18.3 Å². The molecule has 2 aromatic carbocycles. The third kappa shape index (κ3) is 25.0. The molecule has 0 unspecified atom stereocenters. The molecule has 0 fully saturated rings. The molecule has 0 atom stereocenters. The summed E-state index contributed by atoms with van der Waals surface area (Å²) in [6, 6.07) is 8.28. The molecular weight excluding hydrogens is 763 g/mol. The summed E-state index contributed by atoms with van der Waals surface area (Å²) in [6.45, 7) is 21.9. The minimum Gasteiger partial charge on any atom is -0.507 e. The van der Waals surface area contributed by atoms with Crippen molar-refractivity contribution in [3.8, 4) is 23.0 Å². The van der Waals surface area contributed by atoms with E-state index in [0.29, 0.717) is 42.8 Å². The lowest BCUT2D eigenvalue weighted by atomic mass is 9.79. The molecule has 0 aliphatic rings. The first-order valence-electron chi connectivity index (χ1n) is 26.4. The van der Waals surface area contributed by atoms with Crippen molar-refractivity contribution in [1.82, 2.24) is 0 Å². The summed E-state index contributed by atoms with van der Waals surface area (Å²) in [7, 11) is 0. The molecule has 0 saturated heterocycles. The summed E-state index contributed by atoms with van der Waals surface area (Å²) in [6.07, 6.45) is 40.5. The highest BCUT2D eigenvalue weighted by atomic mass is 16.5. The van der Waals surface area contributed by atoms with Crippen LogP contribution in [0, 0.1) is 0 Å². The number of aliphatic imine (C=N–C) groups is 1. The molecule has 5 nitrogen and oxygen atoms in total. The molecule has 0 radical (unpaired) electrons. The average molecular weight is 862 g/mol. The maximum Gasteiger partial charge on any atom is 0.203 e. The van der Waals surface area contributed by atoms with Crippen molar-refractivity contribution in [1.29, 1.82) is 0 Å². The summed E-state index contributed by atoms with van der Waals surface area (Å²) in [5.41, 5.74) is 3.29. The van der Waals surface area contributed by atoms with E-state index < -0.39 is 0 Å². The number of phenols is 1. The zero-order valence-corrected chi connectivity index (χ0v) is 42.3. The molecule has 0 heterocycles. The highest BCUT2D eigenvalue weighted by Gasteiger charge is 2.25. The zero-order chi connectivity index (χ0) is 45.3. The van der Waals surface area contributed by atoms with Gasteiger partial charge in [-0.1, -0.05) is 242 Å². The summed E-state index contributed by atoms with van der Waals surface area (Å²) >= 11 is 0. The van der Waals surface area contributed by atoms with Gasteiger partial charge in [-0.25, -0.2) is 0 Å². The van der Waals surface area contributed by atoms with E-state index >= 15 is 0 Å². The van der Waals surface area contributed by atoms with E-state index in [1.54, 1.807) is 0 Å². The predicted octanol–water partition coefficient (Wildman–Crippen LogP) is 18.6. The van der Waals surface area contributed by atoms with Crippen molar-refractivity contribution in [3.05, 3.63) is 41.0 Å². The third-order valence-electron chi connectivity index (χ3n) is 12.4. The van der Waals surface area contributed by atoms with Crippen LogP contribution in [0.2, 0.25) is 0 Å². The van der Waals surface area contributed by atoms with Crippen LogP contribution in [0.4, 0.5) is 5.69 Å². The van der Waals surface area contributed by atoms with Gasteiger partial charge in [-0.05, 0) is 41.7 Å². The lowest BCUT2D eigenvalue weighted by molar-refractivity contribution is 0.234. The highest BCUT2D eigenvalue weighted by molar-refractivity contribution is 5.87. The van der Waals surface area contributed by atoms with E-state index in [4.69, 9.17) is 19.2 Å². The second kappa shape index (κ2) is 33.8. The number of aromatic hydroxyl groups is 1. The molecule has 1 N–H and O–H groups in total. The van der Waals surface area contributed by atoms with Gasteiger partial charge in [0.05, 0.1) is 25.5 Å². The van der Waals surface area contributed by atoms with E-state index in [1.165, 1.54) is 179 Å². The van der Waals surface area contributed by atoms with Gasteiger partial charge >= 0.3 is 0 Å². The Morgan fingerprint density at radius 1 is 0.435 bits per heavy atom. The summed E-state index contributed by atoms with van der Waals surface area (Å²) < 4.78 is 19.9. The fraction of sp³-hybridized carbons (Fsp3) is 0.772. The first kappa shape index (κ1) is 55.4. The quantitative estimate of drug-likeness (QED) is 0.0540. The number of nitrogens with zero attached hydrogens (tertiary/aromatic N) is 1. The van der Waals surface area contributed by atoms with Gasteiger partial charge in [0.25, 0.3) is 0 Å². The molecule has 5 heteroatoms. The smallest absolute Gasteiger partial charge is 0.203 e. The van der Waals surface area contributed by atoms with Gasteiger partial charge in [-0.2, -0.15) is 0 Å². The second-order valence-electron chi connectivity index (χ2n) is 20.6. The van der Waals surface area contributed by atoms with Crippen LogP contribution in [0.15, 0.2) is 29.3 Å². The summed E-state index contributed by atoms with van der Waals surface area (Å²) in [4.78, 5) is 5.02. The average Bonchev–Trinajstić information content (AvgIpc) is 3.23. The first-order chi connectivity index (χ1) is 29.9. The van der Waals surface area contributed by atoms with Crippen LogP contribution in [0.1, 0.15) is 272 Å². The van der Waals surface area contributed by atoms with Crippen LogP contribution >= 0.6 is 0 Å². The van der Waals surface area contributed by atoms with Crippen molar-refractivity contribution in [2.24, 2.45) is 4.99 Å². The van der Waals surface area contributed by atoms with Crippen LogP contribution < -0.4 is 14.2 Å². The van der Waals surface area contributed by atoms with E-state index in [9.17, 15) is 5.11 Å². The molecule has 2 rings (SSSR count).